The van der Waals surface area contributed by atoms with Gasteiger partial charge < -0.3 is 5.11 Å². The zero-order valence-corrected chi connectivity index (χ0v) is 7.72. The van der Waals surface area contributed by atoms with E-state index in [1.54, 1.807) is 6.92 Å². The lowest BCUT2D eigenvalue weighted by atomic mass is 10.4. The summed E-state index contributed by atoms with van der Waals surface area (Å²) in [6.07, 6.45) is 0. The van der Waals surface area contributed by atoms with Crippen molar-refractivity contribution in [1.82, 2.24) is 9.03 Å². The van der Waals surface area contributed by atoms with Crippen molar-refractivity contribution in [3.05, 3.63) is 0 Å². The molecule has 0 aliphatic rings. The van der Waals surface area contributed by atoms with Crippen molar-refractivity contribution in [3.63, 3.8) is 0 Å². The van der Waals surface area contributed by atoms with Crippen LogP contribution in [0, 0.1) is 0 Å². The number of rotatable bonds is 4. The van der Waals surface area contributed by atoms with Gasteiger partial charge in [0.15, 0.2) is 0 Å². The van der Waals surface area contributed by atoms with E-state index in [2.05, 4.69) is 4.72 Å². The molecule has 11 heavy (non-hydrogen) atoms. The molecule has 0 fully saturated rings. The largest absolute Gasteiger partial charge is 0.395 e. The van der Waals surface area contributed by atoms with E-state index in [-0.39, 0.29) is 6.61 Å². The summed E-state index contributed by atoms with van der Waals surface area (Å²) in [7, 11) is -0.540. The van der Waals surface area contributed by atoms with Gasteiger partial charge in [0.1, 0.15) is 0 Å². The van der Waals surface area contributed by atoms with Crippen LogP contribution in [0.15, 0.2) is 0 Å². The molecule has 0 spiro atoms. The van der Waals surface area contributed by atoms with Crippen LogP contribution in [0.4, 0.5) is 0 Å². The molecule has 0 aliphatic carbocycles. The molecule has 0 aliphatic heterocycles. The summed E-state index contributed by atoms with van der Waals surface area (Å²) in [5, 5.41) is 8.53. The number of hydrogen-bond acceptors (Lipinski definition) is 3. The topological polar surface area (TPSA) is 69.6 Å². The summed E-state index contributed by atoms with van der Waals surface area (Å²) >= 11 is 0. The second-order valence-electron chi connectivity index (χ2n) is 2.49. The van der Waals surface area contributed by atoms with Gasteiger partial charge in [-0.3, -0.25) is 0 Å². The molecule has 1 unspecified atom stereocenters. The number of nitrogens with zero attached hydrogens (tertiary/aromatic N) is 1. The van der Waals surface area contributed by atoms with Crippen LogP contribution in [-0.4, -0.2) is 44.6 Å². The second-order valence-corrected chi connectivity index (χ2v) is 4.41. The summed E-state index contributed by atoms with van der Waals surface area (Å²) in [5.41, 5.74) is 0. The van der Waals surface area contributed by atoms with Crippen LogP contribution in [0.5, 0.6) is 0 Å². The summed E-state index contributed by atoms with van der Waals surface area (Å²) in [5.74, 6) is 0. The average molecular weight is 182 g/mol. The van der Waals surface area contributed by atoms with Crippen molar-refractivity contribution in [3.8, 4) is 0 Å². The van der Waals surface area contributed by atoms with E-state index in [0.29, 0.717) is 0 Å². The Morgan fingerprint density at radius 2 is 2.00 bits per heavy atom. The molecule has 0 radical (unpaired) electrons. The second kappa shape index (κ2) is 4.01. The quantitative estimate of drug-likeness (QED) is 0.571. The van der Waals surface area contributed by atoms with E-state index < -0.39 is 16.3 Å². The van der Waals surface area contributed by atoms with Crippen LogP contribution in [-0.2, 0) is 10.2 Å². The molecule has 0 saturated carbocycles. The molecule has 0 saturated heterocycles. The summed E-state index contributed by atoms with van der Waals surface area (Å²) < 4.78 is 25.3. The normalized spacial score (nSPS) is 15.4. The lowest BCUT2D eigenvalue weighted by Gasteiger charge is -2.15. The molecule has 0 heterocycles. The Hall–Kier alpha value is -0.170. The number of aliphatic hydroxyl groups is 1. The first kappa shape index (κ1) is 10.8. The van der Waals surface area contributed by atoms with Crippen LogP contribution in [0.25, 0.3) is 0 Å². The van der Waals surface area contributed by atoms with Gasteiger partial charge in [-0.1, -0.05) is 0 Å². The smallest absolute Gasteiger partial charge is 0.279 e. The third-order valence-corrected chi connectivity index (χ3v) is 2.77. The van der Waals surface area contributed by atoms with Crippen molar-refractivity contribution in [2.45, 2.75) is 13.0 Å². The Morgan fingerprint density at radius 1 is 1.55 bits per heavy atom. The molecule has 0 rings (SSSR count). The molecule has 6 heteroatoms. The Bertz CT molecular complexity index is 200. The third kappa shape index (κ3) is 3.66. The van der Waals surface area contributed by atoms with Gasteiger partial charge in [-0.05, 0) is 6.92 Å². The maximum Gasteiger partial charge on any atom is 0.279 e. The summed E-state index contributed by atoms with van der Waals surface area (Å²) in [4.78, 5) is 0. The highest BCUT2D eigenvalue weighted by Crippen LogP contribution is 1.90. The van der Waals surface area contributed by atoms with E-state index in [0.717, 1.165) is 4.31 Å². The standard InChI is InChI=1S/C5H14N2O3S/c1-5(4-8)6-11(9,10)7(2)3/h5-6,8H,4H2,1-3H3. The lowest BCUT2D eigenvalue weighted by molar-refractivity contribution is 0.263. The van der Waals surface area contributed by atoms with Crippen molar-refractivity contribution in [1.29, 1.82) is 0 Å². The summed E-state index contributed by atoms with van der Waals surface area (Å²) in [6, 6.07) is -0.442. The Balaban J connectivity index is 4.15. The van der Waals surface area contributed by atoms with Gasteiger partial charge in [0.05, 0.1) is 6.61 Å². The molecule has 5 nitrogen and oxygen atoms in total. The highest BCUT2D eigenvalue weighted by molar-refractivity contribution is 7.87. The predicted octanol–water partition coefficient (Wildman–Crippen LogP) is -1.24. The Morgan fingerprint density at radius 3 is 2.27 bits per heavy atom. The molecule has 0 bridgehead atoms. The minimum Gasteiger partial charge on any atom is -0.395 e. The van der Waals surface area contributed by atoms with E-state index in [9.17, 15) is 8.42 Å². The van der Waals surface area contributed by atoms with Crippen LogP contribution in [0.1, 0.15) is 6.92 Å². The first-order chi connectivity index (χ1) is 4.90. The molecular weight excluding hydrogens is 168 g/mol. The van der Waals surface area contributed by atoms with Gasteiger partial charge in [-0.25, -0.2) is 0 Å². The molecule has 2 N–H and O–H groups in total. The van der Waals surface area contributed by atoms with Gasteiger partial charge in [-0.15, -0.1) is 0 Å². The highest BCUT2D eigenvalue weighted by Gasteiger charge is 2.15. The fourth-order valence-electron chi connectivity index (χ4n) is 0.397. The molecule has 0 amide bonds. The number of hydrogen-bond donors (Lipinski definition) is 2. The Labute approximate surface area is 67.2 Å². The number of nitrogens with one attached hydrogen (secondary N) is 1. The first-order valence-electron chi connectivity index (χ1n) is 3.20. The van der Waals surface area contributed by atoms with Crippen LogP contribution < -0.4 is 4.72 Å². The summed E-state index contributed by atoms with van der Waals surface area (Å²) in [6.45, 7) is 1.38. The van der Waals surface area contributed by atoms with Gasteiger partial charge in [-0.2, -0.15) is 17.4 Å². The third-order valence-electron chi connectivity index (χ3n) is 1.10. The van der Waals surface area contributed by atoms with Crippen molar-refractivity contribution in [2.75, 3.05) is 20.7 Å². The fourth-order valence-corrected chi connectivity index (χ4v) is 1.19. The van der Waals surface area contributed by atoms with Crippen molar-refractivity contribution in [2.24, 2.45) is 0 Å². The average Bonchev–Trinajstić information content (AvgIpc) is 1.86. The van der Waals surface area contributed by atoms with Gasteiger partial charge in [0.25, 0.3) is 10.2 Å². The lowest BCUT2D eigenvalue weighted by Crippen LogP contribution is -2.42. The van der Waals surface area contributed by atoms with E-state index in [1.165, 1.54) is 14.1 Å². The van der Waals surface area contributed by atoms with Gasteiger partial charge in [0, 0.05) is 20.1 Å². The zero-order valence-electron chi connectivity index (χ0n) is 6.90. The maximum atomic E-state index is 11.0. The van der Waals surface area contributed by atoms with Gasteiger partial charge in [0.2, 0.25) is 0 Å². The van der Waals surface area contributed by atoms with Gasteiger partial charge >= 0.3 is 0 Å². The maximum absolute atomic E-state index is 11.0. The molecule has 0 aromatic heterocycles. The first-order valence-corrected chi connectivity index (χ1v) is 4.65. The molecule has 0 aromatic rings. The van der Waals surface area contributed by atoms with E-state index >= 15 is 0 Å². The minimum atomic E-state index is -3.39. The molecule has 1 atom stereocenters. The SMILES string of the molecule is CC(CO)NS(=O)(=O)N(C)C. The number of aliphatic hydroxyl groups excluding tert-OH is 1. The van der Waals surface area contributed by atoms with E-state index in [4.69, 9.17) is 5.11 Å². The molecule has 0 aromatic carbocycles. The van der Waals surface area contributed by atoms with Crippen molar-refractivity contribution < 1.29 is 13.5 Å². The zero-order chi connectivity index (χ0) is 9.07. The predicted molar refractivity (Wildman–Crippen MR) is 42.3 cm³/mol. The molecule has 68 valence electrons. The van der Waals surface area contributed by atoms with Crippen LogP contribution in [0.3, 0.4) is 0 Å². The highest BCUT2D eigenvalue weighted by atomic mass is 32.2. The fraction of sp³-hybridized carbons (Fsp3) is 1.00. The van der Waals surface area contributed by atoms with Crippen LogP contribution in [0.2, 0.25) is 0 Å². The van der Waals surface area contributed by atoms with Crippen molar-refractivity contribution >= 4 is 10.2 Å². The monoisotopic (exact) mass is 182 g/mol. The Kier molecular flexibility index (Phi) is 3.95. The van der Waals surface area contributed by atoms with E-state index in [1.807, 2.05) is 0 Å². The molecular formula is C5H14N2O3S. The van der Waals surface area contributed by atoms with Crippen LogP contribution >= 0.6 is 0 Å². The minimum absolute atomic E-state index is 0.201.